The minimum atomic E-state index is -0.382. The SMILES string of the molecule is CCOC(=O)c1[nH]c(C(=C2CNc3ccccc32)C2C=CC=CC2=O)c2c1CCCC2. The molecule has 0 saturated carbocycles. The van der Waals surface area contributed by atoms with Gasteiger partial charge in [-0.3, -0.25) is 4.79 Å². The van der Waals surface area contributed by atoms with Gasteiger partial charge >= 0.3 is 5.97 Å². The highest BCUT2D eigenvalue weighted by atomic mass is 16.5. The third-order valence-electron chi connectivity index (χ3n) is 6.40. The number of benzene rings is 1. The van der Waals surface area contributed by atoms with Crippen LogP contribution in [-0.2, 0) is 22.4 Å². The number of nitrogens with one attached hydrogen (secondary N) is 2. The fourth-order valence-corrected chi connectivity index (χ4v) is 5.02. The lowest BCUT2D eigenvalue weighted by atomic mass is 9.81. The number of para-hydroxylation sites is 1. The van der Waals surface area contributed by atoms with Crippen molar-refractivity contribution in [3.8, 4) is 0 Å². The fourth-order valence-electron chi connectivity index (χ4n) is 5.02. The summed E-state index contributed by atoms with van der Waals surface area (Å²) in [7, 11) is 0. The maximum absolute atomic E-state index is 13.0. The predicted octanol–water partition coefficient (Wildman–Crippen LogP) is 4.72. The standard InChI is InChI=1S/C26H26N2O3/c1-2-31-26(30)25-18-11-4-3-10-17(18)24(28-25)23(19-12-6-8-14-22(19)29)20-15-27-21-13-7-5-9-16(20)21/h5-9,12-14,19,27-28H,2-4,10-11,15H2,1H3. The molecule has 31 heavy (non-hydrogen) atoms. The lowest BCUT2D eigenvalue weighted by Gasteiger charge is -2.22. The van der Waals surface area contributed by atoms with E-state index in [1.165, 1.54) is 0 Å². The molecule has 1 aromatic carbocycles. The lowest BCUT2D eigenvalue weighted by Crippen LogP contribution is -2.17. The Labute approximate surface area is 181 Å². The highest BCUT2D eigenvalue weighted by Gasteiger charge is 2.33. The molecule has 2 aromatic rings. The number of aromatic amines is 1. The van der Waals surface area contributed by atoms with Crippen molar-refractivity contribution in [2.75, 3.05) is 18.5 Å². The van der Waals surface area contributed by atoms with Gasteiger partial charge in [-0.25, -0.2) is 4.79 Å². The number of ketones is 1. The number of fused-ring (bicyclic) bond motifs is 2. The molecule has 0 fully saturated rings. The number of allylic oxidation sites excluding steroid dienone is 5. The van der Waals surface area contributed by atoms with Crippen molar-refractivity contribution in [1.29, 1.82) is 0 Å². The van der Waals surface area contributed by atoms with Gasteiger partial charge in [-0.15, -0.1) is 0 Å². The van der Waals surface area contributed by atoms with Gasteiger partial charge in [0.1, 0.15) is 5.69 Å². The first-order valence-corrected chi connectivity index (χ1v) is 11.0. The van der Waals surface area contributed by atoms with Crippen molar-refractivity contribution in [3.05, 3.63) is 76.6 Å². The summed E-state index contributed by atoms with van der Waals surface area (Å²) in [6.07, 6.45) is 11.2. The van der Waals surface area contributed by atoms with Gasteiger partial charge in [-0.05, 0) is 67.0 Å². The van der Waals surface area contributed by atoms with E-state index in [1.54, 1.807) is 12.2 Å². The molecular formula is C26H26N2O3. The maximum atomic E-state index is 13.0. The highest BCUT2D eigenvalue weighted by molar-refractivity contribution is 6.11. The van der Waals surface area contributed by atoms with Crippen LogP contribution in [0.4, 0.5) is 5.69 Å². The maximum Gasteiger partial charge on any atom is 0.355 e. The average molecular weight is 415 g/mol. The molecule has 5 rings (SSSR count). The average Bonchev–Trinajstić information content (AvgIpc) is 3.38. The minimum absolute atomic E-state index is 0.0613. The van der Waals surface area contributed by atoms with Crippen LogP contribution in [-0.4, -0.2) is 29.9 Å². The summed E-state index contributed by atoms with van der Waals surface area (Å²) in [6, 6.07) is 8.19. The van der Waals surface area contributed by atoms with Gasteiger partial charge in [0.2, 0.25) is 0 Å². The Kier molecular flexibility index (Phi) is 5.10. The molecule has 0 bridgehead atoms. The van der Waals surface area contributed by atoms with Crippen LogP contribution in [0.25, 0.3) is 11.1 Å². The van der Waals surface area contributed by atoms with Gasteiger partial charge in [-0.2, -0.15) is 0 Å². The third-order valence-corrected chi connectivity index (χ3v) is 6.40. The molecule has 2 aliphatic carbocycles. The molecule has 0 saturated heterocycles. The van der Waals surface area contributed by atoms with E-state index in [2.05, 4.69) is 22.4 Å². The summed E-state index contributed by atoms with van der Waals surface area (Å²) in [5.41, 5.74) is 7.96. The number of ether oxygens (including phenoxy) is 1. The first-order chi connectivity index (χ1) is 15.2. The van der Waals surface area contributed by atoms with Crippen molar-refractivity contribution in [2.45, 2.75) is 32.6 Å². The molecule has 158 valence electrons. The van der Waals surface area contributed by atoms with Crippen LogP contribution in [0.1, 0.15) is 52.6 Å². The van der Waals surface area contributed by atoms with E-state index in [4.69, 9.17) is 4.74 Å². The Bertz CT molecular complexity index is 1150. The monoisotopic (exact) mass is 414 g/mol. The van der Waals surface area contributed by atoms with E-state index in [0.717, 1.165) is 64.9 Å². The number of hydrogen-bond acceptors (Lipinski definition) is 4. The number of hydrogen-bond donors (Lipinski definition) is 2. The van der Waals surface area contributed by atoms with Gasteiger partial charge < -0.3 is 15.0 Å². The Morgan fingerprint density at radius 2 is 1.87 bits per heavy atom. The van der Waals surface area contributed by atoms with Gasteiger partial charge in [0.25, 0.3) is 0 Å². The number of carbonyl (C=O) groups is 2. The number of esters is 1. The summed E-state index contributed by atoms with van der Waals surface area (Å²) < 4.78 is 5.34. The number of rotatable bonds is 4. The van der Waals surface area contributed by atoms with Crippen LogP contribution in [0.3, 0.4) is 0 Å². The third kappa shape index (κ3) is 3.34. The highest BCUT2D eigenvalue weighted by Crippen LogP contribution is 2.43. The van der Waals surface area contributed by atoms with Gasteiger partial charge in [-0.1, -0.05) is 36.4 Å². The molecule has 5 nitrogen and oxygen atoms in total. The van der Waals surface area contributed by atoms with Gasteiger partial charge in [0.05, 0.1) is 12.5 Å². The first kappa shape index (κ1) is 19.6. The molecule has 2 heterocycles. The van der Waals surface area contributed by atoms with Crippen molar-refractivity contribution < 1.29 is 14.3 Å². The zero-order chi connectivity index (χ0) is 21.4. The summed E-state index contributed by atoms with van der Waals surface area (Å²) >= 11 is 0. The molecule has 0 radical (unpaired) electrons. The summed E-state index contributed by atoms with van der Waals surface area (Å²) in [4.78, 5) is 29.2. The zero-order valence-electron chi connectivity index (χ0n) is 17.7. The molecule has 0 amide bonds. The first-order valence-electron chi connectivity index (χ1n) is 11.0. The van der Waals surface area contributed by atoms with Crippen molar-refractivity contribution in [1.82, 2.24) is 4.98 Å². The fraction of sp³-hybridized carbons (Fsp3) is 0.308. The van der Waals surface area contributed by atoms with Crippen molar-refractivity contribution >= 4 is 28.6 Å². The summed E-state index contributed by atoms with van der Waals surface area (Å²) in [6.45, 7) is 2.81. The molecule has 1 aliphatic heterocycles. The quantitative estimate of drug-likeness (QED) is 0.711. The van der Waals surface area contributed by atoms with Crippen LogP contribution in [0.5, 0.6) is 0 Å². The van der Waals surface area contributed by atoms with Gasteiger partial charge in [0, 0.05) is 23.5 Å². The van der Waals surface area contributed by atoms with E-state index in [1.807, 2.05) is 31.2 Å². The molecule has 1 aromatic heterocycles. The Hall–Kier alpha value is -3.34. The molecule has 1 atom stereocenters. The predicted molar refractivity (Wildman–Crippen MR) is 122 cm³/mol. The second kappa shape index (κ2) is 8.06. The van der Waals surface area contributed by atoms with Crippen molar-refractivity contribution in [3.63, 3.8) is 0 Å². The van der Waals surface area contributed by atoms with E-state index in [9.17, 15) is 9.59 Å². The van der Waals surface area contributed by atoms with Crippen LogP contribution in [0.2, 0.25) is 0 Å². The summed E-state index contributed by atoms with van der Waals surface area (Å²) in [5, 5.41) is 3.47. The van der Waals surface area contributed by atoms with E-state index < -0.39 is 0 Å². The molecular weight excluding hydrogens is 388 g/mol. The van der Waals surface area contributed by atoms with E-state index >= 15 is 0 Å². The van der Waals surface area contributed by atoms with Crippen LogP contribution in [0, 0.1) is 5.92 Å². The second-order valence-corrected chi connectivity index (χ2v) is 8.18. The smallest absolute Gasteiger partial charge is 0.355 e. The number of anilines is 1. The second-order valence-electron chi connectivity index (χ2n) is 8.18. The Morgan fingerprint density at radius 1 is 1.10 bits per heavy atom. The number of aromatic nitrogens is 1. The zero-order valence-corrected chi connectivity index (χ0v) is 17.7. The number of carbonyl (C=O) groups excluding carboxylic acids is 2. The normalized spacial score (nSPS) is 20.8. The molecule has 3 aliphatic rings. The molecule has 2 N–H and O–H groups in total. The largest absolute Gasteiger partial charge is 0.461 e. The Balaban J connectivity index is 1.75. The topological polar surface area (TPSA) is 71.2 Å². The lowest BCUT2D eigenvalue weighted by molar-refractivity contribution is -0.115. The van der Waals surface area contributed by atoms with Crippen LogP contribution >= 0.6 is 0 Å². The van der Waals surface area contributed by atoms with Gasteiger partial charge in [0.15, 0.2) is 5.78 Å². The molecule has 0 spiro atoms. The number of H-pyrrole nitrogens is 1. The van der Waals surface area contributed by atoms with E-state index in [0.29, 0.717) is 18.8 Å². The molecule has 5 heteroatoms. The van der Waals surface area contributed by atoms with Crippen LogP contribution < -0.4 is 5.32 Å². The van der Waals surface area contributed by atoms with Crippen molar-refractivity contribution in [2.24, 2.45) is 5.92 Å². The van der Waals surface area contributed by atoms with E-state index in [-0.39, 0.29) is 17.7 Å². The Morgan fingerprint density at radius 3 is 2.65 bits per heavy atom. The minimum Gasteiger partial charge on any atom is -0.461 e. The summed E-state index contributed by atoms with van der Waals surface area (Å²) in [5.74, 6) is -0.634. The van der Waals surface area contributed by atoms with Crippen LogP contribution in [0.15, 0.2) is 48.6 Å². The molecule has 1 unspecified atom stereocenters.